The maximum atomic E-state index is 12.7. The zero-order valence-electron chi connectivity index (χ0n) is 11.3. The van der Waals surface area contributed by atoms with Crippen molar-refractivity contribution in [2.45, 2.75) is 30.7 Å². The van der Waals surface area contributed by atoms with Crippen LogP contribution in [0.25, 0.3) is 0 Å². The molecule has 0 bridgehead atoms. The summed E-state index contributed by atoms with van der Waals surface area (Å²) < 4.78 is 31.4. The monoisotopic (exact) mass is 319 g/mol. The molecule has 2 rings (SSSR count). The van der Waals surface area contributed by atoms with E-state index in [-0.39, 0.29) is 16.4 Å². The van der Waals surface area contributed by atoms with Crippen LogP contribution in [0.1, 0.15) is 28.1 Å². The van der Waals surface area contributed by atoms with Crippen LogP contribution < -0.4 is 0 Å². The molecular weight excluding hydrogens is 302 g/mol. The second kappa shape index (κ2) is 5.80. The lowest BCUT2D eigenvalue weighted by Crippen LogP contribution is -2.38. The van der Waals surface area contributed by atoms with Crippen LogP contribution in [0.4, 0.5) is 0 Å². The number of sulfonamides is 1. The average molecular weight is 319 g/mol. The minimum Gasteiger partial charge on any atom is -0.465 e. The van der Waals surface area contributed by atoms with Gasteiger partial charge < -0.3 is 9.84 Å². The van der Waals surface area contributed by atoms with Gasteiger partial charge in [0.2, 0.25) is 10.0 Å². The highest BCUT2D eigenvalue weighted by molar-refractivity contribution is 7.89. The molecular formula is C12H17NO5S2. The number of esters is 1. The Bertz CT molecular complexity index is 607. The third-order valence-electron chi connectivity index (χ3n) is 3.39. The van der Waals surface area contributed by atoms with Crippen LogP contribution in [0, 0.1) is 6.92 Å². The van der Waals surface area contributed by atoms with Crippen molar-refractivity contribution < 1.29 is 23.1 Å². The van der Waals surface area contributed by atoms with Crippen LogP contribution in [0.3, 0.4) is 0 Å². The zero-order chi connectivity index (χ0) is 14.9. The molecule has 1 N–H and O–H groups in total. The SMILES string of the molecule is COC(=O)c1scc(C)c1S(=O)(=O)N1CCC[C@H]1CO. The first-order chi connectivity index (χ1) is 9.43. The molecule has 6 nitrogen and oxygen atoms in total. The van der Waals surface area contributed by atoms with E-state index in [1.807, 2.05) is 0 Å². The van der Waals surface area contributed by atoms with Crippen LogP contribution >= 0.6 is 11.3 Å². The Hall–Kier alpha value is -0.960. The molecule has 1 aromatic heterocycles. The number of carbonyl (C=O) groups is 1. The van der Waals surface area contributed by atoms with Crippen molar-refractivity contribution >= 4 is 27.3 Å². The van der Waals surface area contributed by atoms with E-state index in [0.717, 1.165) is 11.3 Å². The van der Waals surface area contributed by atoms with Crippen molar-refractivity contribution in [2.24, 2.45) is 0 Å². The molecule has 1 saturated heterocycles. The number of carbonyl (C=O) groups excluding carboxylic acids is 1. The molecule has 2 heterocycles. The highest BCUT2D eigenvalue weighted by Gasteiger charge is 2.38. The molecule has 1 fully saturated rings. The summed E-state index contributed by atoms with van der Waals surface area (Å²) in [6.45, 7) is 1.80. The maximum absolute atomic E-state index is 12.7. The minimum atomic E-state index is -3.79. The molecule has 20 heavy (non-hydrogen) atoms. The van der Waals surface area contributed by atoms with E-state index in [2.05, 4.69) is 4.74 Å². The maximum Gasteiger partial charge on any atom is 0.349 e. The fourth-order valence-electron chi connectivity index (χ4n) is 2.41. The van der Waals surface area contributed by atoms with Crippen molar-refractivity contribution in [3.8, 4) is 0 Å². The average Bonchev–Trinajstić information content (AvgIpc) is 3.04. The quantitative estimate of drug-likeness (QED) is 0.837. The lowest BCUT2D eigenvalue weighted by atomic mass is 10.2. The largest absolute Gasteiger partial charge is 0.465 e. The van der Waals surface area contributed by atoms with Crippen molar-refractivity contribution in [3.63, 3.8) is 0 Å². The summed E-state index contributed by atoms with van der Waals surface area (Å²) in [5.74, 6) is -0.651. The van der Waals surface area contributed by atoms with Gasteiger partial charge in [-0.1, -0.05) is 0 Å². The first-order valence-corrected chi connectivity index (χ1v) is 8.54. The number of aliphatic hydroxyl groups is 1. The molecule has 1 aliphatic rings. The fraction of sp³-hybridized carbons (Fsp3) is 0.583. The van der Waals surface area contributed by atoms with Crippen LogP contribution in [0.15, 0.2) is 10.3 Å². The second-order valence-electron chi connectivity index (χ2n) is 4.66. The topological polar surface area (TPSA) is 83.9 Å². The molecule has 1 aromatic rings. The zero-order valence-corrected chi connectivity index (χ0v) is 13.0. The number of nitrogens with zero attached hydrogens (tertiary/aromatic N) is 1. The number of thiophene rings is 1. The van der Waals surface area contributed by atoms with E-state index in [1.54, 1.807) is 12.3 Å². The Kier molecular flexibility index (Phi) is 4.48. The minimum absolute atomic E-state index is 0.00898. The third-order valence-corrected chi connectivity index (χ3v) is 6.74. The number of hydrogen-bond acceptors (Lipinski definition) is 6. The predicted octanol–water partition coefficient (Wildman–Crippen LogP) is 0.989. The van der Waals surface area contributed by atoms with Crippen molar-refractivity contribution in [1.82, 2.24) is 4.31 Å². The highest BCUT2D eigenvalue weighted by atomic mass is 32.2. The van der Waals surface area contributed by atoms with Gasteiger partial charge in [-0.3, -0.25) is 0 Å². The van der Waals surface area contributed by atoms with Crippen molar-refractivity contribution in [1.29, 1.82) is 0 Å². The summed E-state index contributed by atoms with van der Waals surface area (Å²) in [4.78, 5) is 11.8. The number of ether oxygens (including phenoxy) is 1. The van der Waals surface area contributed by atoms with Gasteiger partial charge in [0.15, 0.2) is 0 Å². The van der Waals surface area contributed by atoms with Crippen LogP contribution in [-0.4, -0.2) is 50.1 Å². The summed E-state index contributed by atoms with van der Waals surface area (Å²) in [5, 5.41) is 10.9. The van der Waals surface area contributed by atoms with Crippen LogP contribution in [0.2, 0.25) is 0 Å². The van der Waals surface area contributed by atoms with Crippen molar-refractivity contribution in [3.05, 3.63) is 15.8 Å². The summed E-state index contributed by atoms with van der Waals surface area (Å²) in [7, 11) is -2.57. The number of rotatable bonds is 4. The number of methoxy groups -OCH3 is 1. The third kappa shape index (κ3) is 2.48. The molecule has 0 amide bonds. The number of aliphatic hydroxyl groups excluding tert-OH is 1. The molecule has 8 heteroatoms. The molecule has 112 valence electrons. The van der Waals surface area contributed by atoms with E-state index in [4.69, 9.17) is 0 Å². The second-order valence-corrected chi connectivity index (χ2v) is 7.37. The molecule has 0 spiro atoms. The van der Waals surface area contributed by atoms with E-state index < -0.39 is 22.0 Å². The van der Waals surface area contributed by atoms with Gasteiger partial charge in [-0.2, -0.15) is 4.31 Å². The first-order valence-electron chi connectivity index (χ1n) is 6.22. The van der Waals surface area contributed by atoms with E-state index >= 15 is 0 Å². The summed E-state index contributed by atoms with van der Waals surface area (Å²) >= 11 is 1.06. The van der Waals surface area contributed by atoms with Crippen LogP contribution in [-0.2, 0) is 14.8 Å². The highest BCUT2D eigenvalue weighted by Crippen LogP contribution is 2.33. The van der Waals surface area contributed by atoms with Gasteiger partial charge >= 0.3 is 5.97 Å². The van der Waals surface area contributed by atoms with Gasteiger partial charge in [0, 0.05) is 12.6 Å². The number of aryl methyl sites for hydroxylation is 1. The standard InChI is InChI=1S/C12H17NO5S2/c1-8-7-19-10(12(15)18-2)11(8)20(16,17)13-5-3-4-9(13)6-14/h7,9,14H,3-6H2,1-2H3/t9-/m0/s1. The molecule has 1 aliphatic heterocycles. The number of hydrogen-bond donors (Lipinski definition) is 1. The Morgan fingerprint density at radius 2 is 2.30 bits per heavy atom. The smallest absolute Gasteiger partial charge is 0.349 e. The lowest BCUT2D eigenvalue weighted by molar-refractivity contribution is 0.0602. The molecule has 1 atom stereocenters. The lowest BCUT2D eigenvalue weighted by Gasteiger charge is -2.22. The van der Waals surface area contributed by atoms with Gasteiger partial charge in [0.05, 0.1) is 13.7 Å². The molecule has 0 saturated carbocycles. The molecule has 0 aliphatic carbocycles. The van der Waals surface area contributed by atoms with Gasteiger partial charge in [-0.25, -0.2) is 13.2 Å². The Labute approximate surface area is 122 Å². The van der Waals surface area contributed by atoms with Gasteiger partial charge in [0.25, 0.3) is 0 Å². The van der Waals surface area contributed by atoms with Crippen LogP contribution in [0.5, 0.6) is 0 Å². The molecule has 0 aromatic carbocycles. The van der Waals surface area contributed by atoms with E-state index in [9.17, 15) is 18.3 Å². The normalized spacial score (nSPS) is 20.2. The summed E-state index contributed by atoms with van der Waals surface area (Å²) in [5.41, 5.74) is 0.527. The fourth-order valence-corrected chi connectivity index (χ4v) is 5.76. The van der Waals surface area contributed by atoms with E-state index in [1.165, 1.54) is 11.4 Å². The molecule has 0 radical (unpaired) electrons. The summed E-state index contributed by atoms with van der Waals surface area (Å²) in [6, 6.07) is -0.412. The van der Waals surface area contributed by atoms with E-state index in [0.29, 0.717) is 24.9 Å². The summed E-state index contributed by atoms with van der Waals surface area (Å²) in [6.07, 6.45) is 1.34. The Balaban J connectivity index is 2.49. The Morgan fingerprint density at radius 1 is 1.60 bits per heavy atom. The Morgan fingerprint density at radius 3 is 2.90 bits per heavy atom. The van der Waals surface area contributed by atoms with Crippen molar-refractivity contribution in [2.75, 3.05) is 20.3 Å². The van der Waals surface area contributed by atoms with Gasteiger partial charge in [-0.15, -0.1) is 11.3 Å². The van der Waals surface area contributed by atoms with Gasteiger partial charge in [-0.05, 0) is 30.7 Å². The predicted molar refractivity (Wildman–Crippen MR) is 74.4 cm³/mol. The first kappa shape index (κ1) is 15.4. The molecule has 0 unspecified atom stereocenters. The van der Waals surface area contributed by atoms with Gasteiger partial charge in [0.1, 0.15) is 9.77 Å².